The summed E-state index contributed by atoms with van der Waals surface area (Å²) in [6.45, 7) is 4.35. The fraction of sp³-hybridized carbons (Fsp3) is 0.692. The van der Waals surface area contributed by atoms with Gasteiger partial charge < -0.3 is 0 Å². The number of halogens is 1. The van der Waals surface area contributed by atoms with Crippen LogP contribution in [0.5, 0.6) is 0 Å². The summed E-state index contributed by atoms with van der Waals surface area (Å²) in [6, 6.07) is 0. The Morgan fingerprint density at radius 1 is 1.29 bits per heavy atom. The van der Waals surface area contributed by atoms with Gasteiger partial charge in [0.05, 0.1) is 0 Å². The Labute approximate surface area is 85.9 Å². The van der Waals surface area contributed by atoms with Crippen molar-refractivity contribution in [1.29, 1.82) is 0 Å². The molecule has 0 heterocycles. The third kappa shape index (κ3) is 1.92. The van der Waals surface area contributed by atoms with Crippen LogP contribution in [0.3, 0.4) is 0 Å². The Kier molecular flexibility index (Phi) is 2.76. The Hall–Kier alpha value is -0.590. The molecular formula is C13H19F. The molecule has 0 aromatic rings. The van der Waals surface area contributed by atoms with E-state index < -0.39 is 6.17 Å². The van der Waals surface area contributed by atoms with Crippen molar-refractivity contribution in [2.45, 2.75) is 52.1 Å². The highest BCUT2D eigenvalue weighted by Crippen LogP contribution is 2.38. The molecule has 14 heavy (non-hydrogen) atoms. The molecular weight excluding hydrogens is 175 g/mol. The Morgan fingerprint density at radius 2 is 2.07 bits per heavy atom. The fourth-order valence-electron chi connectivity index (χ4n) is 2.63. The van der Waals surface area contributed by atoms with Crippen molar-refractivity contribution in [3.8, 4) is 0 Å². The van der Waals surface area contributed by atoms with Gasteiger partial charge in [0, 0.05) is 0 Å². The summed E-state index contributed by atoms with van der Waals surface area (Å²) < 4.78 is 13.2. The van der Waals surface area contributed by atoms with E-state index in [0.717, 1.165) is 25.7 Å². The van der Waals surface area contributed by atoms with Crippen molar-refractivity contribution < 1.29 is 4.39 Å². The van der Waals surface area contributed by atoms with E-state index in [2.05, 4.69) is 19.9 Å². The SMILES string of the molecule is CC1=C(C)CC(C2CCCC(F)C2)=C1. The molecule has 1 heteroatoms. The highest BCUT2D eigenvalue weighted by atomic mass is 19.1. The molecule has 2 aliphatic rings. The lowest BCUT2D eigenvalue weighted by Crippen LogP contribution is -2.17. The lowest BCUT2D eigenvalue weighted by Gasteiger charge is -2.25. The molecule has 78 valence electrons. The summed E-state index contributed by atoms with van der Waals surface area (Å²) in [4.78, 5) is 0. The van der Waals surface area contributed by atoms with Gasteiger partial charge in [0.1, 0.15) is 6.17 Å². The lowest BCUT2D eigenvalue weighted by atomic mass is 9.82. The second kappa shape index (κ2) is 3.88. The van der Waals surface area contributed by atoms with Crippen LogP contribution < -0.4 is 0 Å². The maximum atomic E-state index is 13.2. The Balaban J connectivity index is 2.01. The van der Waals surface area contributed by atoms with Crippen LogP contribution >= 0.6 is 0 Å². The second-order valence-corrected chi connectivity index (χ2v) is 4.82. The average Bonchev–Trinajstić information content (AvgIpc) is 2.47. The van der Waals surface area contributed by atoms with E-state index in [1.54, 1.807) is 0 Å². The molecule has 0 bridgehead atoms. The van der Waals surface area contributed by atoms with Gasteiger partial charge in [-0.15, -0.1) is 0 Å². The molecule has 1 saturated carbocycles. The summed E-state index contributed by atoms with van der Waals surface area (Å²) >= 11 is 0. The number of hydrogen-bond acceptors (Lipinski definition) is 0. The molecule has 0 amide bonds. The van der Waals surface area contributed by atoms with Crippen LogP contribution in [0.2, 0.25) is 0 Å². The summed E-state index contributed by atoms with van der Waals surface area (Å²) in [7, 11) is 0. The highest BCUT2D eigenvalue weighted by molar-refractivity contribution is 5.38. The summed E-state index contributed by atoms with van der Waals surface area (Å²) in [5, 5.41) is 0. The van der Waals surface area contributed by atoms with Crippen molar-refractivity contribution in [2.75, 3.05) is 0 Å². The number of rotatable bonds is 1. The molecule has 2 unspecified atom stereocenters. The van der Waals surface area contributed by atoms with Gasteiger partial charge in [0.15, 0.2) is 0 Å². The zero-order valence-electron chi connectivity index (χ0n) is 9.15. The van der Waals surface area contributed by atoms with Crippen LogP contribution in [0.25, 0.3) is 0 Å². The van der Waals surface area contributed by atoms with Gasteiger partial charge >= 0.3 is 0 Å². The van der Waals surface area contributed by atoms with Gasteiger partial charge in [-0.3, -0.25) is 0 Å². The summed E-state index contributed by atoms with van der Waals surface area (Å²) in [6.07, 6.45) is 6.67. The van der Waals surface area contributed by atoms with Gasteiger partial charge in [-0.25, -0.2) is 4.39 Å². The molecule has 2 aliphatic carbocycles. The largest absolute Gasteiger partial charge is 0.247 e. The lowest BCUT2D eigenvalue weighted by molar-refractivity contribution is 0.214. The smallest absolute Gasteiger partial charge is 0.101 e. The number of hydrogen-bond donors (Lipinski definition) is 0. The maximum absolute atomic E-state index is 13.2. The van der Waals surface area contributed by atoms with E-state index in [0.29, 0.717) is 5.92 Å². The third-order valence-electron chi connectivity index (χ3n) is 3.68. The normalized spacial score (nSPS) is 33.5. The standard InChI is InChI=1S/C13H19F/c1-9-6-12(7-10(9)2)11-4-3-5-13(14)8-11/h6,11,13H,3-5,7-8H2,1-2H3. The van der Waals surface area contributed by atoms with Crippen LogP contribution in [-0.2, 0) is 0 Å². The van der Waals surface area contributed by atoms with E-state index >= 15 is 0 Å². The quantitative estimate of drug-likeness (QED) is 0.587. The third-order valence-corrected chi connectivity index (χ3v) is 3.68. The summed E-state index contributed by atoms with van der Waals surface area (Å²) in [5.74, 6) is 0.533. The van der Waals surface area contributed by atoms with Crippen LogP contribution in [0.1, 0.15) is 46.0 Å². The zero-order chi connectivity index (χ0) is 10.1. The van der Waals surface area contributed by atoms with Crippen molar-refractivity contribution in [1.82, 2.24) is 0 Å². The maximum Gasteiger partial charge on any atom is 0.101 e. The van der Waals surface area contributed by atoms with Crippen molar-refractivity contribution in [2.24, 2.45) is 5.92 Å². The molecule has 1 fully saturated rings. The van der Waals surface area contributed by atoms with Crippen LogP contribution in [0.15, 0.2) is 22.8 Å². The van der Waals surface area contributed by atoms with Gasteiger partial charge in [-0.2, -0.15) is 0 Å². The van der Waals surface area contributed by atoms with Crippen LogP contribution in [-0.4, -0.2) is 6.17 Å². The van der Waals surface area contributed by atoms with E-state index in [1.807, 2.05) is 0 Å². The van der Waals surface area contributed by atoms with E-state index in [1.165, 1.54) is 23.1 Å². The first-order chi connectivity index (χ1) is 6.66. The van der Waals surface area contributed by atoms with Crippen molar-refractivity contribution >= 4 is 0 Å². The second-order valence-electron chi connectivity index (χ2n) is 4.82. The zero-order valence-corrected chi connectivity index (χ0v) is 9.15. The molecule has 0 nitrogen and oxygen atoms in total. The first kappa shape index (κ1) is 9.95. The van der Waals surface area contributed by atoms with Crippen molar-refractivity contribution in [3.63, 3.8) is 0 Å². The minimum atomic E-state index is -0.545. The fourth-order valence-corrected chi connectivity index (χ4v) is 2.63. The average molecular weight is 194 g/mol. The molecule has 2 atom stereocenters. The highest BCUT2D eigenvalue weighted by Gasteiger charge is 2.26. The summed E-state index contributed by atoms with van der Waals surface area (Å²) in [5.41, 5.74) is 4.37. The monoisotopic (exact) mass is 194 g/mol. The number of allylic oxidation sites excluding steroid dienone is 4. The molecule has 0 aliphatic heterocycles. The predicted octanol–water partition coefficient (Wildman–Crippen LogP) is 4.18. The van der Waals surface area contributed by atoms with Gasteiger partial charge in [0.2, 0.25) is 0 Å². The van der Waals surface area contributed by atoms with E-state index in [-0.39, 0.29) is 0 Å². The minimum absolute atomic E-state index is 0.533. The van der Waals surface area contributed by atoms with Gasteiger partial charge in [-0.05, 0) is 51.9 Å². The van der Waals surface area contributed by atoms with Gasteiger partial charge in [0.25, 0.3) is 0 Å². The van der Waals surface area contributed by atoms with Crippen LogP contribution in [0.4, 0.5) is 4.39 Å². The van der Waals surface area contributed by atoms with Crippen molar-refractivity contribution in [3.05, 3.63) is 22.8 Å². The topological polar surface area (TPSA) is 0 Å². The Bertz CT molecular complexity index is 286. The molecule has 0 radical (unpaired) electrons. The molecule has 0 saturated heterocycles. The molecule has 2 rings (SSSR count). The number of alkyl halides is 1. The predicted molar refractivity (Wildman–Crippen MR) is 57.9 cm³/mol. The molecule has 0 N–H and O–H groups in total. The Morgan fingerprint density at radius 3 is 2.64 bits per heavy atom. The van der Waals surface area contributed by atoms with E-state index in [4.69, 9.17) is 0 Å². The first-order valence-electron chi connectivity index (χ1n) is 5.67. The first-order valence-corrected chi connectivity index (χ1v) is 5.67. The van der Waals surface area contributed by atoms with Crippen LogP contribution in [0, 0.1) is 5.92 Å². The van der Waals surface area contributed by atoms with E-state index in [9.17, 15) is 4.39 Å². The molecule has 0 spiro atoms. The molecule has 0 aromatic heterocycles. The minimum Gasteiger partial charge on any atom is -0.247 e. The molecule has 0 aromatic carbocycles. The van der Waals surface area contributed by atoms with Gasteiger partial charge in [-0.1, -0.05) is 22.8 Å².